The normalized spacial score (nSPS) is 14.6. The summed E-state index contributed by atoms with van der Waals surface area (Å²) in [6, 6.07) is 22.5. The predicted molar refractivity (Wildman–Crippen MR) is 363 cm³/mol. The lowest BCUT2D eigenvalue weighted by Gasteiger charge is -2.32. The molecule has 9 heterocycles. The van der Waals surface area contributed by atoms with E-state index in [4.69, 9.17) is 0 Å². The first kappa shape index (κ1) is 69.9. The Labute approximate surface area is 562 Å². The number of carbonyl (C=O) groups excluding carboxylic acids is 6. The molecule has 504 valence electrons. The molecule has 0 spiro atoms. The lowest BCUT2D eigenvalue weighted by atomic mass is 9.91. The fourth-order valence-corrected chi connectivity index (χ4v) is 14.4. The number of piperidine rings is 3. The molecule has 9 aromatic rings. The molecule has 16 nitrogen and oxygen atoms in total. The molecule has 0 bridgehead atoms. The number of pyridine rings is 3. The van der Waals surface area contributed by atoms with E-state index in [2.05, 4.69) is 30.9 Å². The van der Waals surface area contributed by atoms with Gasteiger partial charge in [0.05, 0.1) is 35.8 Å². The molecule has 0 saturated carbocycles. The summed E-state index contributed by atoms with van der Waals surface area (Å²) < 4.78 is 71.5. The van der Waals surface area contributed by atoms with Crippen molar-refractivity contribution in [1.82, 2.24) is 50.0 Å². The first-order chi connectivity index (χ1) is 46.5. The van der Waals surface area contributed by atoms with Gasteiger partial charge >= 0.3 is 0 Å². The van der Waals surface area contributed by atoms with Gasteiger partial charge in [0.2, 0.25) is 0 Å². The maximum atomic E-state index is 14.3. The van der Waals surface area contributed by atoms with Crippen molar-refractivity contribution in [3.63, 3.8) is 0 Å². The summed E-state index contributed by atoms with van der Waals surface area (Å²) in [5.41, 5.74) is 2.23. The second-order valence-corrected chi connectivity index (χ2v) is 27.0. The molecule has 3 saturated heterocycles. The Morgan fingerprint density at radius 3 is 1.50 bits per heavy atom. The smallest absolute Gasteiger partial charge is 0.261 e. The SMILES string of the molecule is Cc1cccc(C(=O)N2CCC(CCCCNC(=O)c3ccc4nccn4c3)CC2)c1F.O=C(NCCCCC1CCN(C(=O)c2ccc(F)c(F)c2)CC1)c1cc2ccncc2s1.O=C(NCCCCC1CCN(C(=O)c2ccc(F)cc2F)CC1)c1cc2ccncc2s1. The molecule has 12 rings (SSSR count). The highest BCUT2D eigenvalue weighted by Gasteiger charge is 2.28. The minimum Gasteiger partial charge on any atom is -0.352 e. The summed E-state index contributed by atoms with van der Waals surface area (Å²) >= 11 is 2.89. The van der Waals surface area contributed by atoms with Crippen LogP contribution in [0.3, 0.4) is 0 Å². The molecule has 0 atom stereocenters. The van der Waals surface area contributed by atoms with Crippen LogP contribution in [0.15, 0.2) is 134 Å². The van der Waals surface area contributed by atoms with Crippen LogP contribution >= 0.6 is 22.7 Å². The lowest BCUT2D eigenvalue weighted by molar-refractivity contribution is 0.0673. The molecular weight excluding hydrogens is 1270 g/mol. The summed E-state index contributed by atoms with van der Waals surface area (Å²) in [6.45, 7) is 7.35. The van der Waals surface area contributed by atoms with Crippen LogP contribution in [0.25, 0.3) is 25.8 Å². The van der Waals surface area contributed by atoms with Crippen molar-refractivity contribution in [2.45, 2.75) is 103 Å². The molecule has 96 heavy (non-hydrogen) atoms. The van der Waals surface area contributed by atoms with Crippen molar-refractivity contribution in [2.24, 2.45) is 17.8 Å². The Morgan fingerprint density at radius 2 is 0.990 bits per heavy atom. The van der Waals surface area contributed by atoms with E-state index in [-0.39, 0.29) is 52.1 Å². The van der Waals surface area contributed by atoms with Crippen LogP contribution in [0.4, 0.5) is 22.0 Å². The molecule has 3 aliphatic heterocycles. The number of aryl methyl sites for hydroxylation is 1. The number of benzene rings is 3. The number of unbranched alkanes of at least 4 members (excludes halogenated alkanes) is 3. The Hall–Kier alpha value is -8.96. The maximum absolute atomic E-state index is 14.3. The number of nitrogens with one attached hydrogen (secondary N) is 3. The highest BCUT2D eigenvalue weighted by atomic mass is 32.1. The molecular formula is C73H79F5N10O6S2. The van der Waals surface area contributed by atoms with Gasteiger partial charge in [-0.2, -0.15) is 0 Å². The van der Waals surface area contributed by atoms with E-state index in [0.717, 1.165) is 146 Å². The number of imidazole rings is 1. The van der Waals surface area contributed by atoms with Crippen molar-refractivity contribution in [3.05, 3.63) is 201 Å². The number of hydrogen-bond acceptors (Lipinski definition) is 11. The van der Waals surface area contributed by atoms with Crippen LogP contribution < -0.4 is 16.0 Å². The monoisotopic (exact) mass is 1350 g/mol. The number of thiophene rings is 2. The Morgan fingerprint density at radius 1 is 0.490 bits per heavy atom. The highest BCUT2D eigenvalue weighted by Crippen LogP contribution is 2.30. The molecule has 6 aromatic heterocycles. The van der Waals surface area contributed by atoms with E-state index >= 15 is 0 Å². The minimum absolute atomic E-state index is 0.0461. The van der Waals surface area contributed by atoms with Gasteiger partial charge in [0.25, 0.3) is 35.4 Å². The average molecular weight is 1350 g/mol. The fourth-order valence-electron chi connectivity index (χ4n) is 12.5. The van der Waals surface area contributed by atoms with E-state index < -0.39 is 29.1 Å². The summed E-state index contributed by atoms with van der Waals surface area (Å²) in [5.74, 6) is -3.23. The molecule has 0 radical (unpaired) electrons. The summed E-state index contributed by atoms with van der Waals surface area (Å²) in [7, 11) is 0. The van der Waals surface area contributed by atoms with Gasteiger partial charge in [-0.15, -0.1) is 22.7 Å². The van der Waals surface area contributed by atoms with Crippen LogP contribution in [0.1, 0.15) is 163 Å². The van der Waals surface area contributed by atoms with Gasteiger partial charge in [0.15, 0.2) is 11.6 Å². The number of aromatic nitrogens is 4. The lowest BCUT2D eigenvalue weighted by Crippen LogP contribution is -2.39. The molecule has 3 aromatic carbocycles. The van der Waals surface area contributed by atoms with E-state index in [1.807, 2.05) is 40.9 Å². The van der Waals surface area contributed by atoms with Gasteiger partial charge in [-0.1, -0.05) is 50.7 Å². The second-order valence-electron chi connectivity index (χ2n) is 24.8. The highest BCUT2D eigenvalue weighted by molar-refractivity contribution is 7.21. The molecule has 3 N–H and O–H groups in total. The molecule has 3 aliphatic rings. The number of carbonyl (C=O) groups is 6. The third-order valence-corrected chi connectivity index (χ3v) is 20.3. The summed E-state index contributed by atoms with van der Waals surface area (Å²) in [5, 5.41) is 11.0. The predicted octanol–water partition coefficient (Wildman–Crippen LogP) is 14.3. The number of halogens is 5. The van der Waals surface area contributed by atoms with Gasteiger partial charge in [-0.05, 0) is 172 Å². The van der Waals surface area contributed by atoms with Crippen molar-refractivity contribution in [1.29, 1.82) is 0 Å². The van der Waals surface area contributed by atoms with Crippen LogP contribution in [-0.2, 0) is 0 Å². The van der Waals surface area contributed by atoms with Gasteiger partial charge in [0.1, 0.15) is 23.1 Å². The van der Waals surface area contributed by atoms with Gasteiger partial charge in [-0.3, -0.25) is 38.7 Å². The molecule has 3 fully saturated rings. The minimum atomic E-state index is -0.998. The number of nitrogens with zero attached hydrogens (tertiary/aromatic N) is 7. The molecule has 0 aliphatic carbocycles. The molecule has 23 heteroatoms. The third-order valence-electron chi connectivity index (χ3n) is 18.2. The van der Waals surface area contributed by atoms with Crippen molar-refractivity contribution >= 4 is 83.9 Å². The quantitative estimate of drug-likeness (QED) is 0.0464. The van der Waals surface area contributed by atoms with Crippen LogP contribution in [0.2, 0.25) is 0 Å². The van der Waals surface area contributed by atoms with Gasteiger partial charge in [-0.25, -0.2) is 26.9 Å². The van der Waals surface area contributed by atoms with Crippen LogP contribution in [0, 0.1) is 53.8 Å². The van der Waals surface area contributed by atoms with Crippen molar-refractivity contribution in [2.75, 3.05) is 58.9 Å². The largest absolute Gasteiger partial charge is 0.352 e. The number of amides is 6. The summed E-state index contributed by atoms with van der Waals surface area (Å²) in [4.78, 5) is 93.5. The number of fused-ring (bicyclic) bond motifs is 3. The van der Waals surface area contributed by atoms with E-state index in [0.29, 0.717) is 97.5 Å². The first-order valence-electron chi connectivity index (χ1n) is 33.0. The number of hydrogen-bond donors (Lipinski definition) is 3. The van der Waals surface area contributed by atoms with E-state index in [9.17, 15) is 50.7 Å². The van der Waals surface area contributed by atoms with E-state index in [1.54, 1.807) is 83.1 Å². The third kappa shape index (κ3) is 18.9. The zero-order valence-corrected chi connectivity index (χ0v) is 55.3. The fraction of sp³-hybridized carbons (Fsp3) is 0.384. The van der Waals surface area contributed by atoms with Crippen molar-refractivity contribution < 1.29 is 50.7 Å². The standard InChI is InChI=1S/C25H29FN4O2.2C24H25F2N3O2S/c1-18-5-4-7-21(23(18)26)25(32)29-14-10-19(11-15-29)6-2-3-12-28-24(31)20-8-9-22-27-13-16-30(22)17-20;25-19-5-4-18(13-20(19)26)24(31)29-11-7-16(8-12-29)3-1-2-9-28-23(30)21-14-17-6-10-27-15-22(17)32-21;25-18-4-5-19(20(26)14-18)24(31)29-11-7-16(8-12-29)3-1-2-9-28-23(30)21-13-17-6-10-27-15-22(17)32-21/h4-5,7-9,13,16-17,19H,2-3,6,10-12,14-15H2,1H3,(H,28,31);2*4-6,10,13-16H,1-3,7-9,11-12H2,(H,28,30). The topological polar surface area (TPSA) is 191 Å². The second kappa shape index (κ2) is 34.1. The molecule has 6 amide bonds. The number of rotatable bonds is 21. The molecule has 0 unspecified atom stereocenters. The van der Waals surface area contributed by atoms with Gasteiger partial charge < -0.3 is 35.1 Å². The average Bonchev–Trinajstić information content (AvgIpc) is 1.62. The Bertz CT molecular complexity index is 4090. The Kier molecular flexibility index (Phi) is 24.8. The maximum Gasteiger partial charge on any atom is 0.261 e. The van der Waals surface area contributed by atoms with E-state index in [1.165, 1.54) is 34.8 Å². The zero-order valence-electron chi connectivity index (χ0n) is 53.7. The van der Waals surface area contributed by atoms with Crippen LogP contribution in [0.5, 0.6) is 0 Å². The first-order valence-corrected chi connectivity index (χ1v) is 34.7. The zero-order chi connectivity index (χ0) is 67.5. The van der Waals surface area contributed by atoms with Crippen molar-refractivity contribution in [3.8, 4) is 0 Å². The van der Waals surface area contributed by atoms with Crippen LogP contribution in [-0.4, -0.2) is 128 Å². The Balaban J connectivity index is 0.000000157. The summed E-state index contributed by atoms with van der Waals surface area (Å²) in [6.07, 6.45) is 26.7. The van der Waals surface area contributed by atoms with Gasteiger partial charge in [0, 0.05) is 114 Å². The number of likely N-dealkylation sites (tertiary alicyclic amines) is 3.